The molecule has 7 heteroatoms. The molecule has 2 atom stereocenters. The Kier molecular flexibility index (Phi) is 6.56. The van der Waals surface area contributed by atoms with Gasteiger partial charge in [-0.25, -0.2) is 0 Å². The Morgan fingerprint density at radius 1 is 1.18 bits per heavy atom. The summed E-state index contributed by atoms with van der Waals surface area (Å²) >= 11 is 11.9. The van der Waals surface area contributed by atoms with Crippen molar-refractivity contribution in [2.75, 3.05) is 6.54 Å². The minimum absolute atomic E-state index is 0.115. The van der Waals surface area contributed by atoms with E-state index in [2.05, 4.69) is 11.4 Å². The van der Waals surface area contributed by atoms with E-state index in [9.17, 15) is 14.9 Å². The highest BCUT2D eigenvalue weighted by Crippen LogP contribution is 2.22. The predicted octanol–water partition coefficient (Wildman–Crippen LogP) is 3.91. The van der Waals surface area contributed by atoms with Gasteiger partial charge in [-0.05, 0) is 48.2 Å². The summed E-state index contributed by atoms with van der Waals surface area (Å²) in [6.45, 7) is 0.527. The molecule has 0 radical (unpaired) electrons. The van der Waals surface area contributed by atoms with Crippen molar-refractivity contribution in [3.63, 3.8) is 0 Å². The number of nitrogens with zero attached hydrogens (tertiary/aromatic N) is 2. The molecule has 1 unspecified atom stereocenters. The van der Waals surface area contributed by atoms with Gasteiger partial charge in [0.25, 0.3) is 0 Å². The first kappa shape index (κ1) is 20.2. The summed E-state index contributed by atoms with van der Waals surface area (Å²) in [6, 6.07) is 14.6. The summed E-state index contributed by atoms with van der Waals surface area (Å²) in [5.41, 5.74) is 1.45. The van der Waals surface area contributed by atoms with E-state index < -0.39 is 12.1 Å². The van der Waals surface area contributed by atoms with Crippen LogP contribution in [0.2, 0.25) is 10.0 Å². The van der Waals surface area contributed by atoms with Gasteiger partial charge in [-0.1, -0.05) is 47.5 Å². The van der Waals surface area contributed by atoms with Crippen molar-refractivity contribution in [2.24, 2.45) is 0 Å². The standard InChI is InChI=1S/C21H19Cl2N3O2/c22-16-8-6-14(7-9-16)11-20(27)26-10-2-5-19(26)21(28)25-18(13-24)15-3-1-4-17(23)12-15/h1,3-4,6-9,12,18-19H,2,5,10-11H2,(H,25,28)/t18?,19-/m0/s1. The van der Waals surface area contributed by atoms with E-state index in [0.717, 1.165) is 12.0 Å². The molecule has 0 aliphatic carbocycles. The largest absolute Gasteiger partial charge is 0.335 e. The van der Waals surface area contributed by atoms with Crippen LogP contribution in [0.3, 0.4) is 0 Å². The normalized spacial score (nSPS) is 17.0. The predicted molar refractivity (Wildman–Crippen MR) is 108 cm³/mol. The maximum absolute atomic E-state index is 12.8. The van der Waals surface area contributed by atoms with Crippen molar-refractivity contribution in [3.05, 3.63) is 69.7 Å². The molecule has 0 bridgehead atoms. The minimum atomic E-state index is -0.819. The van der Waals surface area contributed by atoms with Gasteiger partial charge in [0, 0.05) is 16.6 Å². The second kappa shape index (κ2) is 9.09. The van der Waals surface area contributed by atoms with Crippen molar-refractivity contribution < 1.29 is 9.59 Å². The number of benzene rings is 2. The van der Waals surface area contributed by atoms with E-state index in [-0.39, 0.29) is 18.2 Å². The zero-order valence-electron chi connectivity index (χ0n) is 15.1. The Labute approximate surface area is 173 Å². The van der Waals surface area contributed by atoms with Crippen molar-refractivity contribution in [2.45, 2.75) is 31.3 Å². The molecule has 28 heavy (non-hydrogen) atoms. The molecule has 1 aliphatic rings. The van der Waals surface area contributed by atoms with Gasteiger partial charge >= 0.3 is 0 Å². The van der Waals surface area contributed by atoms with Gasteiger partial charge in [0.05, 0.1) is 12.5 Å². The van der Waals surface area contributed by atoms with Crippen LogP contribution in [0.15, 0.2) is 48.5 Å². The quantitative estimate of drug-likeness (QED) is 0.804. The smallest absolute Gasteiger partial charge is 0.244 e. The highest BCUT2D eigenvalue weighted by molar-refractivity contribution is 6.30. The van der Waals surface area contributed by atoms with Crippen molar-refractivity contribution in [3.8, 4) is 6.07 Å². The number of amides is 2. The lowest BCUT2D eigenvalue weighted by Crippen LogP contribution is -2.47. The lowest BCUT2D eigenvalue weighted by atomic mass is 10.1. The summed E-state index contributed by atoms with van der Waals surface area (Å²) in [5, 5.41) is 13.3. The third-order valence-corrected chi connectivity index (χ3v) is 5.23. The van der Waals surface area contributed by atoms with Crippen LogP contribution in [0.25, 0.3) is 0 Å². The first-order valence-corrected chi connectivity index (χ1v) is 9.73. The van der Waals surface area contributed by atoms with Gasteiger partial charge < -0.3 is 10.2 Å². The monoisotopic (exact) mass is 415 g/mol. The van der Waals surface area contributed by atoms with Gasteiger partial charge in [0.1, 0.15) is 12.1 Å². The Bertz CT molecular complexity index is 909. The highest BCUT2D eigenvalue weighted by Gasteiger charge is 2.34. The Morgan fingerprint density at radius 3 is 2.61 bits per heavy atom. The zero-order valence-corrected chi connectivity index (χ0v) is 16.6. The van der Waals surface area contributed by atoms with Gasteiger partial charge in [-0.2, -0.15) is 5.26 Å². The van der Waals surface area contributed by atoms with Crippen LogP contribution in [0.5, 0.6) is 0 Å². The molecule has 2 amide bonds. The van der Waals surface area contributed by atoms with Crippen LogP contribution >= 0.6 is 23.2 Å². The number of nitriles is 1. The Morgan fingerprint density at radius 2 is 1.93 bits per heavy atom. The van der Waals surface area contributed by atoms with Crippen molar-refractivity contribution in [1.82, 2.24) is 10.2 Å². The number of hydrogen-bond acceptors (Lipinski definition) is 3. The fraction of sp³-hybridized carbons (Fsp3) is 0.286. The average molecular weight is 416 g/mol. The SMILES string of the molecule is N#CC(NC(=O)[C@@H]1CCCN1C(=O)Cc1ccc(Cl)cc1)c1cccc(Cl)c1. The summed E-state index contributed by atoms with van der Waals surface area (Å²) in [4.78, 5) is 27.1. The van der Waals surface area contributed by atoms with Gasteiger partial charge in [0.2, 0.25) is 11.8 Å². The second-order valence-corrected chi connectivity index (χ2v) is 7.55. The fourth-order valence-electron chi connectivity index (χ4n) is 3.33. The van der Waals surface area contributed by atoms with Crippen LogP contribution in [0.1, 0.15) is 30.0 Å². The molecular weight excluding hydrogens is 397 g/mol. The van der Waals surface area contributed by atoms with Gasteiger partial charge in [-0.15, -0.1) is 0 Å². The van der Waals surface area contributed by atoms with E-state index in [0.29, 0.717) is 28.6 Å². The zero-order chi connectivity index (χ0) is 20.1. The van der Waals surface area contributed by atoms with E-state index in [1.54, 1.807) is 53.4 Å². The molecule has 2 aromatic carbocycles. The number of halogens is 2. The maximum atomic E-state index is 12.8. The number of likely N-dealkylation sites (tertiary alicyclic amines) is 1. The third-order valence-electron chi connectivity index (χ3n) is 4.74. The first-order valence-electron chi connectivity index (χ1n) is 8.97. The van der Waals surface area contributed by atoms with E-state index in [1.807, 2.05) is 0 Å². The molecule has 0 aromatic heterocycles. The van der Waals surface area contributed by atoms with Crippen LogP contribution in [0, 0.1) is 11.3 Å². The molecule has 1 fully saturated rings. The average Bonchev–Trinajstić information content (AvgIpc) is 3.18. The Balaban J connectivity index is 1.67. The maximum Gasteiger partial charge on any atom is 0.244 e. The van der Waals surface area contributed by atoms with Crippen LogP contribution in [-0.2, 0) is 16.0 Å². The molecule has 2 aromatic rings. The lowest BCUT2D eigenvalue weighted by molar-refractivity contribution is -0.138. The summed E-state index contributed by atoms with van der Waals surface area (Å²) in [6.07, 6.45) is 1.53. The fourth-order valence-corrected chi connectivity index (χ4v) is 3.66. The first-order chi connectivity index (χ1) is 13.5. The van der Waals surface area contributed by atoms with Crippen molar-refractivity contribution >= 4 is 35.0 Å². The van der Waals surface area contributed by atoms with Gasteiger partial charge in [-0.3, -0.25) is 9.59 Å². The molecule has 5 nitrogen and oxygen atoms in total. The molecule has 1 heterocycles. The summed E-state index contributed by atoms with van der Waals surface area (Å²) in [5.74, 6) is -0.440. The highest BCUT2D eigenvalue weighted by atomic mass is 35.5. The number of nitrogens with one attached hydrogen (secondary N) is 1. The Hall–Kier alpha value is -2.55. The molecule has 0 saturated carbocycles. The topological polar surface area (TPSA) is 73.2 Å². The third kappa shape index (κ3) is 4.83. The molecular formula is C21H19Cl2N3O2. The number of rotatable bonds is 5. The lowest BCUT2D eigenvalue weighted by Gasteiger charge is -2.25. The van der Waals surface area contributed by atoms with E-state index in [4.69, 9.17) is 23.2 Å². The number of carbonyl (C=O) groups is 2. The van der Waals surface area contributed by atoms with E-state index in [1.165, 1.54) is 0 Å². The molecule has 0 spiro atoms. The van der Waals surface area contributed by atoms with E-state index >= 15 is 0 Å². The molecule has 1 saturated heterocycles. The number of hydrogen-bond donors (Lipinski definition) is 1. The van der Waals surface area contributed by atoms with Crippen LogP contribution < -0.4 is 5.32 Å². The number of carbonyl (C=O) groups excluding carboxylic acids is 2. The van der Waals surface area contributed by atoms with Crippen LogP contribution in [0.4, 0.5) is 0 Å². The molecule has 144 valence electrons. The minimum Gasteiger partial charge on any atom is -0.335 e. The van der Waals surface area contributed by atoms with Crippen molar-refractivity contribution in [1.29, 1.82) is 5.26 Å². The second-order valence-electron chi connectivity index (χ2n) is 6.67. The van der Waals surface area contributed by atoms with Crippen LogP contribution in [-0.4, -0.2) is 29.3 Å². The molecule has 1 aliphatic heterocycles. The van der Waals surface area contributed by atoms with Gasteiger partial charge in [0.15, 0.2) is 0 Å². The molecule has 1 N–H and O–H groups in total. The summed E-state index contributed by atoms with van der Waals surface area (Å²) in [7, 11) is 0. The molecule has 3 rings (SSSR count). The summed E-state index contributed by atoms with van der Waals surface area (Å²) < 4.78 is 0.